The zero-order chi connectivity index (χ0) is 12.1. The van der Waals surface area contributed by atoms with Crippen LogP contribution in [0.4, 0.5) is 0 Å². The average molecular weight is 227 g/mol. The molecule has 1 atom stereocenters. The number of phenols is 1. The van der Waals surface area contributed by atoms with E-state index in [0.717, 1.165) is 0 Å². The van der Waals surface area contributed by atoms with E-state index in [4.69, 9.17) is 20.7 Å². The van der Waals surface area contributed by atoms with Gasteiger partial charge in [-0.25, -0.2) is 0 Å². The predicted molar refractivity (Wildman–Crippen MR) is 59.2 cm³/mol. The SMILES string of the molecule is CCOc1cc(CO)cc([C@H](N)CO)c1O. The van der Waals surface area contributed by atoms with Crippen molar-refractivity contribution in [1.82, 2.24) is 0 Å². The van der Waals surface area contributed by atoms with Crippen molar-refractivity contribution in [1.29, 1.82) is 0 Å². The number of phenolic OH excluding ortho intramolecular Hbond substituents is 1. The Morgan fingerprint density at radius 2 is 2.06 bits per heavy atom. The van der Waals surface area contributed by atoms with Crippen molar-refractivity contribution in [2.45, 2.75) is 19.6 Å². The maximum atomic E-state index is 9.84. The minimum Gasteiger partial charge on any atom is -0.504 e. The molecule has 90 valence electrons. The van der Waals surface area contributed by atoms with E-state index in [0.29, 0.717) is 17.7 Å². The Kier molecular flexibility index (Phi) is 4.54. The molecule has 1 aromatic rings. The van der Waals surface area contributed by atoms with Crippen LogP contribution in [0.25, 0.3) is 0 Å². The lowest BCUT2D eigenvalue weighted by molar-refractivity contribution is 0.260. The molecule has 0 saturated heterocycles. The normalized spacial score (nSPS) is 12.5. The molecule has 1 rings (SSSR count). The lowest BCUT2D eigenvalue weighted by atomic mass is 10.0. The number of aliphatic hydroxyl groups is 2. The van der Waals surface area contributed by atoms with E-state index in [1.54, 1.807) is 19.1 Å². The molecule has 5 N–H and O–H groups in total. The molecular formula is C11H17NO4. The Bertz CT molecular complexity index is 354. The molecule has 0 aliphatic heterocycles. The van der Waals surface area contributed by atoms with Gasteiger partial charge in [-0.2, -0.15) is 0 Å². The van der Waals surface area contributed by atoms with Crippen LogP contribution < -0.4 is 10.5 Å². The van der Waals surface area contributed by atoms with Gasteiger partial charge >= 0.3 is 0 Å². The van der Waals surface area contributed by atoms with E-state index in [2.05, 4.69) is 0 Å². The Balaban J connectivity index is 3.19. The molecule has 1 aromatic carbocycles. The van der Waals surface area contributed by atoms with Gasteiger partial charge < -0.3 is 25.8 Å². The molecule has 0 spiro atoms. The zero-order valence-electron chi connectivity index (χ0n) is 9.18. The fourth-order valence-electron chi connectivity index (χ4n) is 1.43. The van der Waals surface area contributed by atoms with Crippen molar-refractivity contribution in [2.75, 3.05) is 13.2 Å². The van der Waals surface area contributed by atoms with Crippen molar-refractivity contribution in [3.63, 3.8) is 0 Å². The van der Waals surface area contributed by atoms with E-state index < -0.39 is 6.04 Å². The summed E-state index contributed by atoms with van der Waals surface area (Å²) in [6, 6.07) is 2.41. The summed E-state index contributed by atoms with van der Waals surface area (Å²) in [5.41, 5.74) is 6.59. The third-order valence-corrected chi connectivity index (χ3v) is 2.24. The summed E-state index contributed by atoms with van der Waals surface area (Å²) >= 11 is 0. The molecular weight excluding hydrogens is 210 g/mol. The average Bonchev–Trinajstić information content (AvgIpc) is 2.31. The largest absolute Gasteiger partial charge is 0.504 e. The fraction of sp³-hybridized carbons (Fsp3) is 0.455. The van der Waals surface area contributed by atoms with Gasteiger partial charge in [0.05, 0.1) is 25.9 Å². The molecule has 5 heteroatoms. The second kappa shape index (κ2) is 5.69. The lowest BCUT2D eigenvalue weighted by Crippen LogP contribution is -2.15. The number of aliphatic hydroxyl groups excluding tert-OH is 2. The Labute approximate surface area is 94.1 Å². The first-order chi connectivity index (χ1) is 7.63. The highest BCUT2D eigenvalue weighted by Crippen LogP contribution is 2.34. The van der Waals surface area contributed by atoms with Gasteiger partial charge in [-0.15, -0.1) is 0 Å². The van der Waals surface area contributed by atoms with Crippen LogP contribution in [0.15, 0.2) is 12.1 Å². The van der Waals surface area contributed by atoms with Crippen LogP contribution in [0.3, 0.4) is 0 Å². The number of hydrogen-bond donors (Lipinski definition) is 4. The smallest absolute Gasteiger partial charge is 0.162 e. The van der Waals surface area contributed by atoms with E-state index in [-0.39, 0.29) is 24.7 Å². The molecule has 0 fully saturated rings. The van der Waals surface area contributed by atoms with Crippen molar-refractivity contribution in [3.05, 3.63) is 23.3 Å². The summed E-state index contributed by atoms with van der Waals surface area (Å²) in [7, 11) is 0. The van der Waals surface area contributed by atoms with Crippen LogP contribution in [0, 0.1) is 0 Å². The lowest BCUT2D eigenvalue weighted by Gasteiger charge is -2.15. The minimum absolute atomic E-state index is 0.0828. The van der Waals surface area contributed by atoms with Crippen LogP contribution in [0.2, 0.25) is 0 Å². The molecule has 0 radical (unpaired) electrons. The summed E-state index contributed by atoms with van der Waals surface area (Å²) in [6.07, 6.45) is 0. The van der Waals surface area contributed by atoms with Crippen molar-refractivity contribution in [3.8, 4) is 11.5 Å². The topological polar surface area (TPSA) is 95.9 Å². The first kappa shape index (κ1) is 12.8. The Morgan fingerprint density at radius 1 is 1.38 bits per heavy atom. The van der Waals surface area contributed by atoms with Gasteiger partial charge in [0.15, 0.2) is 11.5 Å². The van der Waals surface area contributed by atoms with Crippen LogP contribution in [-0.2, 0) is 6.61 Å². The molecule has 0 saturated carbocycles. The second-order valence-electron chi connectivity index (χ2n) is 3.41. The first-order valence-corrected chi connectivity index (χ1v) is 5.09. The van der Waals surface area contributed by atoms with E-state index in [1.165, 1.54) is 0 Å². The molecule has 0 heterocycles. The third-order valence-electron chi connectivity index (χ3n) is 2.24. The predicted octanol–water partition coefficient (Wildman–Crippen LogP) is 0.275. The number of hydrogen-bond acceptors (Lipinski definition) is 5. The fourth-order valence-corrected chi connectivity index (χ4v) is 1.43. The summed E-state index contributed by atoms with van der Waals surface area (Å²) in [6.45, 7) is 1.73. The van der Waals surface area contributed by atoms with Gasteiger partial charge in [-0.05, 0) is 24.6 Å². The molecule has 16 heavy (non-hydrogen) atoms. The number of aromatic hydroxyl groups is 1. The van der Waals surface area contributed by atoms with Gasteiger partial charge in [0.25, 0.3) is 0 Å². The molecule has 0 aliphatic rings. The van der Waals surface area contributed by atoms with E-state index in [9.17, 15) is 5.11 Å². The zero-order valence-corrected chi connectivity index (χ0v) is 9.18. The monoisotopic (exact) mass is 227 g/mol. The van der Waals surface area contributed by atoms with E-state index in [1.807, 2.05) is 0 Å². The number of ether oxygens (including phenoxy) is 1. The van der Waals surface area contributed by atoms with Crippen LogP contribution in [0.1, 0.15) is 24.1 Å². The van der Waals surface area contributed by atoms with Gasteiger partial charge in [0.1, 0.15) is 0 Å². The maximum absolute atomic E-state index is 9.84. The van der Waals surface area contributed by atoms with Crippen molar-refractivity contribution >= 4 is 0 Å². The van der Waals surface area contributed by atoms with Crippen molar-refractivity contribution < 1.29 is 20.1 Å². The Morgan fingerprint density at radius 3 is 2.56 bits per heavy atom. The summed E-state index contributed by atoms with van der Waals surface area (Å²) in [5.74, 6) is 0.188. The highest BCUT2D eigenvalue weighted by molar-refractivity contribution is 5.49. The number of rotatable bonds is 5. The third kappa shape index (κ3) is 2.63. The molecule has 0 aliphatic carbocycles. The van der Waals surface area contributed by atoms with E-state index >= 15 is 0 Å². The molecule has 0 amide bonds. The van der Waals surface area contributed by atoms with Gasteiger partial charge in [0, 0.05) is 5.56 Å². The second-order valence-corrected chi connectivity index (χ2v) is 3.41. The number of benzene rings is 1. The molecule has 0 aromatic heterocycles. The molecule has 5 nitrogen and oxygen atoms in total. The quantitative estimate of drug-likeness (QED) is 0.579. The summed E-state index contributed by atoms with van der Waals surface area (Å²) in [4.78, 5) is 0. The van der Waals surface area contributed by atoms with Crippen LogP contribution in [-0.4, -0.2) is 28.5 Å². The first-order valence-electron chi connectivity index (χ1n) is 5.09. The maximum Gasteiger partial charge on any atom is 0.162 e. The molecule has 0 unspecified atom stereocenters. The summed E-state index contributed by atoms with van der Waals surface area (Å²) < 4.78 is 5.22. The number of nitrogens with two attached hydrogens (primary N) is 1. The van der Waals surface area contributed by atoms with Crippen molar-refractivity contribution in [2.24, 2.45) is 5.73 Å². The van der Waals surface area contributed by atoms with Gasteiger partial charge in [0.2, 0.25) is 0 Å². The standard InChI is InChI=1S/C11H17NO4/c1-2-16-10-4-7(5-13)3-8(11(10)15)9(12)6-14/h3-4,9,13-15H,2,5-6,12H2,1H3/t9-/m1/s1. The van der Waals surface area contributed by atoms with Crippen LogP contribution >= 0.6 is 0 Å². The van der Waals surface area contributed by atoms with Gasteiger partial charge in [-0.1, -0.05) is 0 Å². The molecule has 0 bridgehead atoms. The Hall–Kier alpha value is -1.30. The van der Waals surface area contributed by atoms with Crippen LogP contribution in [0.5, 0.6) is 11.5 Å². The van der Waals surface area contributed by atoms with Gasteiger partial charge in [-0.3, -0.25) is 0 Å². The summed E-state index contributed by atoms with van der Waals surface area (Å²) in [5, 5.41) is 27.9. The minimum atomic E-state index is -0.689. The highest BCUT2D eigenvalue weighted by Gasteiger charge is 2.15. The highest BCUT2D eigenvalue weighted by atomic mass is 16.5.